The molecule has 2 aromatic carbocycles. The van der Waals surface area contributed by atoms with Gasteiger partial charge in [0.2, 0.25) is 5.91 Å². The molecule has 136 valence electrons. The van der Waals surface area contributed by atoms with Crippen LogP contribution in [-0.2, 0) is 20.7 Å². The molecule has 3 rings (SSSR count). The standard InChI is InChI=1S/C19H20N2O4S/c1-24-14-6-3-12(4-7-14)9-16(19(23)25-2)21-15-10-13(20)5-8-17(15)26-11-18(21)22/h3-8,10,16H,9,11,20H2,1-2H3. The number of nitrogens with zero attached hydrogens (tertiary/aromatic N) is 1. The predicted octanol–water partition coefficient (Wildman–Crippen LogP) is 2.50. The maximum Gasteiger partial charge on any atom is 0.329 e. The molecule has 2 N–H and O–H groups in total. The van der Waals surface area contributed by atoms with Gasteiger partial charge in [0.25, 0.3) is 0 Å². The largest absolute Gasteiger partial charge is 0.497 e. The fraction of sp³-hybridized carbons (Fsp3) is 0.263. The van der Waals surface area contributed by atoms with Gasteiger partial charge in [-0.05, 0) is 35.9 Å². The van der Waals surface area contributed by atoms with Crippen molar-refractivity contribution in [2.24, 2.45) is 0 Å². The van der Waals surface area contributed by atoms with Gasteiger partial charge in [-0.3, -0.25) is 9.69 Å². The highest BCUT2D eigenvalue weighted by atomic mass is 32.2. The second-order valence-electron chi connectivity index (χ2n) is 5.87. The van der Waals surface area contributed by atoms with Crippen LogP contribution < -0.4 is 15.4 Å². The average Bonchev–Trinajstić information content (AvgIpc) is 2.66. The lowest BCUT2D eigenvalue weighted by Gasteiger charge is -2.34. The van der Waals surface area contributed by atoms with E-state index in [2.05, 4.69) is 0 Å². The summed E-state index contributed by atoms with van der Waals surface area (Å²) in [5.74, 6) is 0.394. The van der Waals surface area contributed by atoms with Crippen LogP contribution in [0.5, 0.6) is 5.75 Å². The van der Waals surface area contributed by atoms with Crippen molar-refractivity contribution in [2.45, 2.75) is 17.4 Å². The molecule has 0 aromatic heterocycles. The predicted molar refractivity (Wildman–Crippen MR) is 102 cm³/mol. The second kappa shape index (κ2) is 7.70. The third-order valence-corrected chi connectivity index (χ3v) is 5.28. The number of methoxy groups -OCH3 is 2. The number of esters is 1. The number of hydrogen-bond donors (Lipinski definition) is 1. The minimum Gasteiger partial charge on any atom is -0.497 e. The van der Waals surface area contributed by atoms with Gasteiger partial charge in [0.05, 0.1) is 25.7 Å². The summed E-state index contributed by atoms with van der Waals surface area (Å²) in [5.41, 5.74) is 7.99. The first kappa shape index (κ1) is 18.1. The van der Waals surface area contributed by atoms with E-state index in [-0.39, 0.29) is 11.7 Å². The highest BCUT2D eigenvalue weighted by molar-refractivity contribution is 8.00. The number of fused-ring (bicyclic) bond motifs is 1. The van der Waals surface area contributed by atoms with Crippen LogP contribution in [0.1, 0.15) is 5.56 Å². The van der Waals surface area contributed by atoms with Gasteiger partial charge in [0.1, 0.15) is 11.8 Å². The highest BCUT2D eigenvalue weighted by Crippen LogP contribution is 2.38. The fourth-order valence-corrected chi connectivity index (χ4v) is 3.82. The maximum absolute atomic E-state index is 12.7. The van der Waals surface area contributed by atoms with Gasteiger partial charge >= 0.3 is 5.97 Å². The molecule has 0 radical (unpaired) electrons. The summed E-state index contributed by atoms with van der Waals surface area (Å²) >= 11 is 1.44. The van der Waals surface area contributed by atoms with Crippen LogP contribution in [0.25, 0.3) is 0 Å². The molecule has 1 atom stereocenters. The van der Waals surface area contributed by atoms with Gasteiger partial charge in [-0.15, -0.1) is 11.8 Å². The summed E-state index contributed by atoms with van der Waals surface area (Å²) in [6.45, 7) is 0. The Labute approximate surface area is 156 Å². The quantitative estimate of drug-likeness (QED) is 0.641. The molecule has 6 nitrogen and oxygen atoms in total. The van der Waals surface area contributed by atoms with Crippen LogP contribution in [0.3, 0.4) is 0 Å². The molecule has 0 spiro atoms. The second-order valence-corrected chi connectivity index (χ2v) is 6.89. The molecule has 7 heteroatoms. The van der Waals surface area contributed by atoms with Crippen molar-refractivity contribution < 1.29 is 19.1 Å². The number of benzene rings is 2. The minimum atomic E-state index is -0.762. The van der Waals surface area contributed by atoms with Crippen LogP contribution in [0.4, 0.5) is 11.4 Å². The monoisotopic (exact) mass is 372 g/mol. The minimum absolute atomic E-state index is 0.142. The lowest BCUT2D eigenvalue weighted by molar-refractivity contribution is -0.143. The number of carbonyl (C=O) groups is 2. The number of nitrogens with two attached hydrogens (primary N) is 1. The molecule has 1 aliphatic heterocycles. The molecule has 2 aromatic rings. The van der Waals surface area contributed by atoms with Crippen molar-refractivity contribution >= 4 is 35.0 Å². The van der Waals surface area contributed by atoms with Gasteiger partial charge in [-0.25, -0.2) is 4.79 Å². The molecule has 26 heavy (non-hydrogen) atoms. The first-order valence-corrected chi connectivity index (χ1v) is 9.07. The van der Waals surface area contributed by atoms with E-state index in [1.807, 2.05) is 30.3 Å². The van der Waals surface area contributed by atoms with Gasteiger partial charge in [0, 0.05) is 17.0 Å². The van der Waals surface area contributed by atoms with Gasteiger partial charge in [-0.1, -0.05) is 12.1 Å². The Hall–Kier alpha value is -2.67. The van der Waals surface area contributed by atoms with Crippen molar-refractivity contribution in [3.63, 3.8) is 0 Å². The number of anilines is 2. The number of thioether (sulfide) groups is 1. The highest BCUT2D eigenvalue weighted by Gasteiger charge is 2.36. The molecule has 1 amide bonds. The molecule has 0 saturated heterocycles. The van der Waals surface area contributed by atoms with E-state index in [9.17, 15) is 9.59 Å². The molecule has 0 bridgehead atoms. The number of rotatable bonds is 5. The lowest BCUT2D eigenvalue weighted by Crippen LogP contribution is -2.49. The maximum atomic E-state index is 12.7. The van der Waals surface area contributed by atoms with Gasteiger partial charge in [0.15, 0.2) is 0 Å². The normalized spacial score (nSPS) is 14.5. The first-order valence-electron chi connectivity index (χ1n) is 8.08. The Morgan fingerprint density at radius 1 is 1.23 bits per heavy atom. The number of ether oxygens (including phenoxy) is 2. The Kier molecular flexibility index (Phi) is 5.37. The van der Waals surface area contributed by atoms with E-state index in [4.69, 9.17) is 15.2 Å². The average molecular weight is 372 g/mol. The number of nitrogen functional groups attached to an aromatic ring is 1. The Morgan fingerprint density at radius 2 is 1.96 bits per heavy atom. The number of carbonyl (C=O) groups excluding carboxylic acids is 2. The van der Waals surface area contributed by atoms with Crippen molar-refractivity contribution in [1.82, 2.24) is 0 Å². The van der Waals surface area contributed by atoms with Crippen LogP contribution in [-0.4, -0.2) is 37.9 Å². The van der Waals surface area contributed by atoms with Crippen LogP contribution in [0, 0.1) is 0 Å². The summed E-state index contributed by atoms with van der Waals surface area (Å²) in [5, 5.41) is 0. The van der Waals surface area contributed by atoms with Crippen molar-refractivity contribution in [3.05, 3.63) is 48.0 Å². The van der Waals surface area contributed by atoms with Gasteiger partial charge in [-0.2, -0.15) is 0 Å². The van der Waals surface area contributed by atoms with Crippen molar-refractivity contribution in [1.29, 1.82) is 0 Å². The van der Waals surface area contributed by atoms with Gasteiger partial charge < -0.3 is 15.2 Å². The molecular weight excluding hydrogens is 352 g/mol. The van der Waals surface area contributed by atoms with Crippen molar-refractivity contribution in [2.75, 3.05) is 30.6 Å². The Morgan fingerprint density at radius 3 is 2.62 bits per heavy atom. The third-order valence-electron chi connectivity index (χ3n) is 4.24. The van der Waals surface area contributed by atoms with E-state index in [0.717, 1.165) is 16.2 Å². The summed E-state index contributed by atoms with van der Waals surface area (Å²) in [4.78, 5) is 27.6. The molecule has 0 aliphatic carbocycles. The van der Waals surface area contributed by atoms with Crippen molar-refractivity contribution in [3.8, 4) is 5.75 Å². The van der Waals surface area contributed by atoms with E-state index in [1.54, 1.807) is 19.2 Å². The van der Waals surface area contributed by atoms with E-state index in [1.165, 1.54) is 23.8 Å². The molecule has 0 saturated carbocycles. The first-order chi connectivity index (χ1) is 12.5. The SMILES string of the molecule is COC(=O)C(Cc1ccc(OC)cc1)N1C(=O)CSc2ccc(N)cc21. The molecule has 1 aliphatic rings. The zero-order chi connectivity index (χ0) is 18.7. The molecule has 1 unspecified atom stereocenters. The lowest BCUT2D eigenvalue weighted by atomic mass is 10.0. The topological polar surface area (TPSA) is 81.9 Å². The summed E-state index contributed by atoms with van der Waals surface area (Å²) in [6.07, 6.45) is 0.335. The number of amides is 1. The number of hydrogen-bond acceptors (Lipinski definition) is 6. The summed E-state index contributed by atoms with van der Waals surface area (Å²) < 4.78 is 10.1. The Bertz CT molecular complexity index is 823. The summed E-state index contributed by atoms with van der Waals surface area (Å²) in [6, 6.07) is 12.0. The Balaban J connectivity index is 1.98. The summed E-state index contributed by atoms with van der Waals surface area (Å²) in [7, 11) is 2.92. The van der Waals surface area contributed by atoms with E-state index in [0.29, 0.717) is 17.8 Å². The van der Waals surface area contributed by atoms with Crippen LogP contribution in [0.15, 0.2) is 47.4 Å². The smallest absolute Gasteiger partial charge is 0.329 e. The van der Waals surface area contributed by atoms with Crippen LogP contribution >= 0.6 is 11.8 Å². The fourth-order valence-electron chi connectivity index (χ4n) is 2.93. The molecule has 1 heterocycles. The molecule has 0 fully saturated rings. The zero-order valence-corrected chi connectivity index (χ0v) is 15.4. The molecular formula is C19H20N2O4S. The van der Waals surface area contributed by atoms with E-state index >= 15 is 0 Å². The zero-order valence-electron chi connectivity index (χ0n) is 14.6. The third kappa shape index (κ3) is 3.62. The van der Waals surface area contributed by atoms with E-state index < -0.39 is 12.0 Å². The van der Waals surface area contributed by atoms with Crippen LogP contribution in [0.2, 0.25) is 0 Å².